The summed E-state index contributed by atoms with van der Waals surface area (Å²) in [7, 11) is 0. The third-order valence-electron chi connectivity index (χ3n) is 19.3. The SMILES string of the molecule is CC(=O)Nc1nc2c(nc1CC(C)C)-c1ccc(F)cc1CC2.CC(C)CC(=O)Nc1nc2c(nc1CC(C)C)-c1ccc(F)cc1CC2.CC(C)Cc1nc2c(nc1NC(=O)CC1CCCCC1)CCc1cc(F)ccc1-2.CCC(C)C(=O)Nc1nc2c(nc1CC(C)C)-c1ccc(F)cc1CC2. The Bertz CT molecular complexity index is 4450. The van der Waals surface area contributed by atoms with Gasteiger partial charge in [0.2, 0.25) is 23.6 Å². The van der Waals surface area contributed by atoms with Crippen molar-refractivity contribution in [1.82, 2.24) is 39.9 Å². The fraction of sp³-hybridized carbons (Fsp3) is 0.476. The number of nitrogens with zero attached hydrogens (tertiary/aromatic N) is 8. The maximum absolute atomic E-state index is 13.6. The fourth-order valence-corrected chi connectivity index (χ4v) is 14.1. The first-order valence-corrected chi connectivity index (χ1v) is 37.6. The molecule has 0 bridgehead atoms. The first-order chi connectivity index (χ1) is 49.6. The molecule has 1 fully saturated rings. The van der Waals surface area contributed by atoms with Crippen molar-refractivity contribution in [2.24, 2.45) is 41.4 Å². The highest BCUT2D eigenvalue weighted by Gasteiger charge is 2.29. The van der Waals surface area contributed by atoms with E-state index in [0.717, 1.165) is 183 Å². The van der Waals surface area contributed by atoms with Gasteiger partial charge in [0, 0.05) is 47.9 Å². The van der Waals surface area contributed by atoms with Gasteiger partial charge in [-0.2, -0.15) is 0 Å². The molecule has 0 radical (unpaired) electrons. The van der Waals surface area contributed by atoms with Crippen molar-refractivity contribution >= 4 is 46.9 Å². The second-order valence-corrected chi connectivity index (χ2v) is 30.7. The molecule has 8 aromatic rings. The lowest BCUT2D eigenvalue weighted by molar-refractivity contribution is -0.119. The van der Waals surface area contributed by atoms with Gasteiger partial charge in [-0.05, 0) is 227 Å². The highest BCUT2D eigenvalue weighted by atomic mass is 19.1. The average molecular weight is 1420 g/mol. The molecule has 4 N–H and O–H groups in total. The van der Waals surface area contributed by atoms with E-state index in [4.69, 9.17) is 34.9 Å². The molecular formula is C84H102F4N12O4. The van der Waals surface area contributed by atoms with E-state index in [2.05, 4.69) is 81.6 Å². The average Bonchev–Trinajstić information content (AvgIpc) is 0.792. The monoisotopic (exact) mass is 1420 g/mol. The zero-order valence-electron chi connectivity index (χ0n) is 62.8. The molecule has 4 aromatic heterocycles. The molecule has 104 heavy (non-hydrogen) atoms. The Morgan fingerprint density at radius 1 is 0.394 bits per heavy atom. The normalized spacial score (nSPS) is 14.1. The van der Waals surface area contributed by atoms with Crippen molar-refractivity contribution in [3.8, 4) is 45.0 Å². The third kappa shape index (κ3) is 20.2. The van der Waals surface area contributed by atoms with Crippen LogP contribution in [0.4, 0.5) is 40.8 Å². The van der Waals surface area contributed by atoms with E-state index in [1.165, 1.54) is 50.5 Å². The van der Waals surface area contributed by atoms with Gasteiger partial charge in [0.25, 0.3) is 0 Å². The Balaban J connectivity index is 0.000000149. The number of carbonyl (C=O) groups excluding carboxylic acids is 4. The van der Waals surface area contributed by atoms with E-state index in [1.54, 1.807) is 48.5 Å². The van der Waals surface area contributed by atoms with Crippen LogP contribution in [0.3, 0.4) is 0 Å². The summed E-state index contributed by atoms with van der Waals surface area (Å²) in [5.41, 5.74) is 17.7. The number of carbonyl (C=O) groups is 4. The third-order valence-corrected chi connectivity index (χ3v) is 19.3. The quantitative estimate of drug-likeness (QED) is 0.0590. The van der Waals surface area contributed by atoms with Crippen LogP contribution in [0.15, 0.2) is 72.8 Å². The van der Waals surface area contributed by atoms with Gasteiger partial charge >= 0.3 is 0 Å². The van der Waals surface area contributed by atoms with Crippen molar-refractivity contribution in [2.45, 2.75) is 218 Å². The number of rotatable bonds is 18. The largest absolute Gasteiger partial charge is 0.309 e. The lowest BCUT2D eigenvalue weighted by Crippen LogP contribution is -2.23. The number of nitrogens with one attached hydrogen (secondary N) is 4. The lowest BCUT2D eigenvalue weighted by Gasteiger charge is -2.23. The topological polar surface area (TPSA) is 220 Å². The second kappa shape index (κ2) is 35.1. The second-order valence-electron chi connectivity index (χ2n) is 30.7. The number of hydrogen-bond donors (Lipinski definition) is 4. The minimum Gasteiger partial charge on any atom is -0.309 e. The number of aryl methyl sites for hydroxylation is 8. The molecule has 1 saturated carbocycles. The summed E-state index contributed by atoms with van der Waals surface area (Å²) in [6.45, 7) is 26.3. The van der Waals surface area contributed by atoms with Gasteiger partial charge < -0.3 is 21.3 Å². The highest BCUT2D eigenvalue weighted by Crippen LogP contribution is 2.39. The van der Waals surface area contributed by atoms with Crippen LogP contribution in [-0.4, -0.2) is 63.5 Å². The summed E-state index contributed by atoms with van der Waals surface area (Å²) < 4.78 is 54.2. The van der Waals surface area contributed by atoms with Crippen LogP contribution in [0.1, 0.15) is 209 Å². The fourth-order valence-electron chi connectivity index (χ4n) is 14.1. The van der Waals surface area contributed by atoms with Crippen LogP contribution in [0, 0.1) is 64.7 Å². The zero-order chi connectivity index (χ0) is 74.6. The summed E-state index contributed by atoms with van der Waals surface area (Å²) in [6, 6.07) is 19.4. The van der Waals surface area contributed by atoms with Gasteiger partial charge in [0.15, 0.2) is 23.3 Å². The first-order valence-electron chi connectivity index (χ1n) is 37.6. The smallest absolute Gasteiger partial charge is 0.228 e. The Labute approximate surface area is 610 Å². The number of hydrogen-bond acceptors (Lipinski definition) is 12. The van der Waals surface area contributed by atoms with Gasteiger partial charge in [-0.25, -0.2) is 57.4 Å². The van der Waals surface area contributed by atoms with Crippen molar-refractivity contribution in [3.63, 3.8) is 0 Å². The molecule has 4 aromatic carbocycles. The summed E-state index contributed by atoms with van der Waals surface area (Å²) in [5, 5.41) is 11.8. The van der Waals surface area contributed by atoms with Crippen LogP contribution in [0.25, 0.3) is 45.0 Å². The highest BCUT2D eigenvalue weighted by molar-refractivity contribution is 5.93. The summed E-state index contributed by atoms with van der Waals surface area (Å²) in [6.07, 6.45) is 16.6. The van der Waals surface area contributed by atoms with Crippen LogP contribution >= 0.6 is 0 Å². The molecule has 550 valence electrons. The number of aromatic nitrogens is 8. The zero-order valence-corrected chi connectivity index (χ0v) is 62.8. The Morgan fingerprint density at radius 2 is 0.702 bits per heavy atom. The number of anilines is 4. The van der Waals surface area contributed by atoms with E-state index >= 15 is 0 Å². The minimum absolute atomic E-state index is 0.0231. The predicted octanol–water partition coefficient (Wildman–Crippen LogP) is 18.2. The van der Waals surface area contributed by atoms with Crippen LogP contribution in [-0.2, 0) is 96.2 Å². The molecule has 20 heteroatoms. The van der Waals surface area contributed by atoms with Crippen molar-refractivity contribution in [1.29, 1.82) is 0 Å². The van der Waals surface area contributed by atoms with E-state index in [1.807, 2.05) is 27.7 Å². The van der Waals surface area contributed by atoms with E-state index in [0.29, 0.717) is 91.4 Å². The molecule has 0 aliphatic heterocycles. The van der Waals surface area contributed by atoms with Crippen molar-refractivity contribution in [3.05, 3.63) is 164 Å². The minimum atomic E-state index is -0.225. The van der Waals surface area contributed by atoms with E-state index in [-0.39, 0.29) is 58.7 Å². The van der Waals surface area contributed by atoms with E-state index in [9.17, 15) is 36.7 Å². The Morgan fingerprint density at radius 3 is 1.00 bits per heavy atom. The van der Waals surface area contributed by atoms with Gasteiger partial charge in [-0.15, -0.1) is 0 Å². The molecule has 5 aliphatic carbocycles. The predicted molar refractivity (Wildman–Crippen MR) is 404 cm³/mol. The van der Waals surface area contributed by atoms with E-state index < -0.39 is 0 Å². The van der Waals surface area contributed by atoms with Gasteiger partial charge in [-0.1, -0.05) is 102 Å². The Hall–Kier alpha value is -9.20. The summed E-state index contributed by atoms with van der Waals surface area (Å²) in [4.78, 5) is 87.1. The number of fused-ring (bicyclic) bond motifs is 12. The lowest BCUT2D eigenvalue weighted by atomic mass is 9.87. The molecule has 1 unspecified atom stereocenters. The van der Waals surface area contributed by atoms with Crippen LogP contribution in [0.5, 0.6) is 0 Å². The molecule has 4 amide bonds. The summed E-state index contributed by atoms with van der Waals surface area (Å²) >= 11 is 0. The van der Waals surface area contributed by atoms with Crippen molar-refractivity contribution in [2.75, 3.05) is 21.3 Å². The van der Waals surface area contributed by atoms with Gasteiger partial charge in [0.1, 0.15) is 23.3 Å². The van der Waals surface area contributed by atoms with Crippen LogP contribution < -0.4 is 21.3 Å². The molecular weight excluding hydrogens is 1320 g/mol. The Kier molecular flexibility index (Phi) is 26.1. The van der Waals surface area contributed by atoms with Crippen LogP contribution in [0.2, 0.25) is 0 Å². The molecule has 13 rings (SSSR count). The molecule has 16 nitrogen and oxygen atoms in total. The molecule has 5 aliphatic rings. The maximum atomic E-state index is 13.6. The van der Waals surface area contributed by atoms with Gasteiger partial charge in [-0.3, -0.25) is 19.2 Å². The molecule has 0 spiro atoms. The molecule has 0 saturated heterocycles. The number of amides is 4. The molecule has 1 atom stereocenters. The molecule has 4 heterocycles. The summed E-state index contributed by atoms with van der Waals surface area (Å²) in [5.74, 6) is 3.56. The standard InChI is InChI=1S/C24H30FN3O.2C21H26FN3O.C18H20FN3O/c1-15(2)12-21-24(28-22(29)13-16-6-4-3-5-7-16)27-20-11-8-17-14-18(25)9-10-19(17)23(20)26-21;1-12(2)9-18-21(25-19(26)10-13(3)4)24-17-8-5-14-11-15(22)6-7-16(14)20(17)23-18;1-5-13(4)21(26)25-20-18(10-12(2)3)23-19-16-8-7-15(22)11-14(16)6-9-17(19)24-20;1-10(2)8-16-18(20-11(3)23)22-15-7-4-12-9-13(19)5-6-14(12)17(15)21-16/h9-10,14-16H,3-8,11-13H2,1-2H3,(H,27,28,29);6-7,11-13H,5,8-10H2,1-4H3,(H,24,25,26);7-8,11-13H,5-6,9-10H2,1-4H3,(H,24,25,26);5-6,9-10H,4,7-8H2,1-3H3,(H,20,22,23). The first kappa shape index (κ1) is 77.4. The van der Waals surface area contributed by atoms with Gasteiger partial charge in [0.05, 0.1) is 68.3 Å². The number of benzene rings is 4. The number of halogens is 4. The maximum Gasteiger partial charge on any atom is 0.228 e. The van der Waals surface area contributed by atoms with Crippen molar-refractivity contribution < 1.29 is 36.7 Å².